The summed E-state index contributed by atoms with van der Waals surface area (Å²) in [5.41, 5.74) is 4.70. The molecule has 0 spiro atoms. The number of fused-ring (bicyclic) bond motifs is 3. The SMILES string of the molecule is C=C/C(CC)=N/C1(CC(/C=C\C)CC)C(C=C)C2N=C(C)c3ccccc3C21. The molecule has 0 bridgehead atoms. The number of hydrogen-bond donors (Lipinski definition) is 0. The van der Waals surface area contributed by atoms with Crippen molar-refractivity contribution in [1.29, 1.82) is 0 Å². The lowest BCUT2D eigenvalue weighted by Gasteiger charge is -2.60. The zero-order valence-corrected chi connectivity index (χ0v) is 17.9. The summed E-state index contributed by atoms with van der Waals surface area (Å²) < 4.78 is 0. The smallest absolute Gasteiger partial charge is 0.0789 e. The number of rotatable bonds is 8. The molecule has 0 amide bonds. The molecule has 1 heterocycles. The average molecular weight is 375 g/mol. The van der Waals surface area contributed by atoms with Crippen molar-refractivity contribution in [1.82, 2.24) is 0 Å². The van der Waals surface area contributed by atoms with Gasteiger partial charge in [0.2, 0.25) is 0 Å². The molecular formula is C26H34N2. The molecule has 1 saturated carbocycles. The van der Waals surface area contributed by atoms with Gasteiger partial charge >= 0.3 is 0 Å². The molecule has 0 aromatic heterocycles. The van der Waals surface area contributed by atoms with Crippen LogP contribution in [0.1, 0.15) is 64.0 Å². The molecule has 1 aromatic rings. The Morgan fingerprint density at radius 3 is 2.64 bits per heavy atom. The van der Waals surface area contributed by atoms with Gasteiger partial charge in [-0.25, -0.2) is 0 Å². The van der Waals surface area contributed by atoms with Crippen LogP contribution in [-0.4, -0.2) is 23.0 Å². The third-order valence-corrected chi connectivity index (χ3v) is 6.64. The third kappa shape index (κ3) is 3.23. The van der Waals surface area contributed by atoms with Gasteiger partial charge in [0.25, 0.3) is 0 Å². The van der Waals surface area contributed by atoms with Gasteiger partial charge in [0.15, 0.2) is 0 Å². The van der Waals surface area contributed by atoms with Gasteiger partial charge in [-0.2, -0.15) is 0 Å². The second-order valence-electron chi connectivity index (χ2n) is 8.08. The summed E-state index contributed by atoms with van der Waals surface area (Å²) in [4.78, 5) is 10.5. The van der Waals surface area contributed by atoms with Crippen molar-refractivity contribution < 1.29 is 0 Å². The molecule has 5 atom stereocenters. The van der Waals surface area contributed by atoms with Crippen LogP contribution in [0.4, 0.5) is 0 Å². The zero-order valence-electron chi connectivity index (χ0n) is 17.9. The van der Waals surface area contributed by atoms with E-state index in [9.17, 15) is 0 Å². The fourth-order valence-electron chi connectivity index (χ4n) is 5.26. The molecule has 2 nitrogen and oxygen atoms in total. The predicted molar refractivity (Wildman–Crippen MR) is 123 cm³/mol. The molecular weight excluding hydrogens is 340 g/mol. The second kappa shape index (κ2) is 8.43. The lowest BCUT2D eigenvalue weighted by molar-refractivity contribution is 0.0721. The highest BCUT2D eigenvalue weighted by Gasteiger charge is 2.63. The number of allylic oxidation sites excluding steroid dienone is 3. The molecule has 148 valence electrons. The van der Waals surface area contributed by atoms with Crippen LogP contribution >= 0.6 is 0 Å². The minimum Gasteiger partial charge on any atom is -0.285 e. The van der Waals surface area contributed by atoms with Crippen LogP contribution in [0.15, 0.2) is 71.7 Å². The van der Waals surface area contributed by atoms with Crippen molar-refractivity contribution in [3.63, 3.8) is 0 Å². The van der Waals surface area contributed by atoms with E-state index in [1.807, 2.05) is 6.08 Å². The van der Waals surface area contributed by atoms with Gasteiger partial charge in [0.1, 0.15) is 0 Å². The van der Waals surface area contributed by atoms with E-state index in [1.165, 1.54) is 11.1 Å². The van der Waals surface area contributed by atoms with Crippen molar-refractivity contribution >= 4 is 11.4 Å². The van der Waals surface area contributed by atoms with E-state index in [-0.39, 0.29) is 17.5 Å². The standard InChI is InChI=1S/C26H34N2/c1-7-14-19(8-2)17-26(28-20(9-3)10-4)23(11-5)25-24(26)22-16-13-12-15-21(22)18(6)27-25/h7,9,11-16,19,23-25H,3,5,8,10,17H2,1-2,4,6H3/b14-7-,28-20-. The highest BCUT2D eigenvalue weighted by molar-refractivity contribution is 6.02. The number of hydrogen-bond acceptors (Lipinski definition) is 2. The van der Waals surface area contributed by atoms with E-state index in [0.29, 0.717) is 11.8 Å². The van der Waals surface area contributed by atoms with E-state index in [1.54, 1.807) is 0 Å². The maximum atomic E-state index is 5.41. The Bertz CT molecular complexity index is 829. The molecule has 0 saturated heterocycles. The Labute approximate surface area is 170 Å². The minimum atomic E-state index is -0.202. The number of benzene rings is 1. The van der Waals surface area contributed by atoms with E-state index in [2.05, 4.69) is 83.3 Å². The van der Waals surface area contributed by atoms with Crippen LogP contribution in [0.5, 0.6) is 0 Å². The maximum Gasteiger partial charge on any atom is 0.0789 e. The lowest BCUT2D eigenvalue weighted by Crippen LogP contribution is -2.63. The summed E-state index contributed by atoms with van der Waals surface area (Å²) in [6.07, 6.45) is 11.6. The Hall–Kier alpha value is -2.22. The van der Waals surface area contributed by atoms with Crippen molar-refractivity contribution in [2.45, 2.75) is 64.5 Å². The third-order valence-electron chi connectivity index (χ3n) is 6.64. The molecule has 28 heavy (non-hydrogen) atoms. The minimum absolute atomic E-state index is 0.202. The molecule has 5 unspecified atom stereocenters. The van der Waals surface area contributed by atoms with Crippen molar-refractivity contribution in [3.05, 3.63) is 72.9 Å². The van der Waals surface area contributed by atoms with Crippen LogP contribution in [0.25, 0.3) is 0 Å². The molecule has 1 aromatic carbocycles. The van der Waals surface area contributed by atoms with Crippen LogP contribution in [0, 0.1) is 11.8 Å². The van der Waals surface area contributed by atoms with Crippen LogP contribution in [0.3, 0.4) is 0 Å². The van der Waals surface area contributed by atoms with Gasteiger partial charge in [-0.15, -0.1) is 6.58 Å². The summed E-state index contributed by atoms with van der Waals surface area (Å²) in [7, 11) is 0. The van der Waals surface area contributed by atoms with Crippen LogP contribution < -0.4 is 0 Å². The van der Waals surface area contributed by atoms with E-state index in [0.717, 1.165) is 30.7 Å². The first-order valence-electron chi connectivity index (χ1n) is 10.7. The molecule has 3 rings (SSSR count). The van der Waals surface area contributed by atoms with E-state index < -0.39 is 0 Å². The normalized spacial score (nSPS) is 30.1. The first-order valence-corrected chi connectivity index (χ1v) is 10.7. The second-order valence-corrected chi connectivity index (χ2v) is 8.08. The van der Waals surface area contributed by atoms with E-state index in [4.69, 9.17) is 9.98 Å². The molecule has 1 aliphatic carbocycles. The summed E-state index contributed by atoms with van der Waals surface area (Å²) in [6, 6.07) is 8.99. The molecule has 2 aliphatic rings. The Morgan fingerprint density at radius 1 is 1.29 bits per heavy atom. The topological polar surface area (TPSA) is 24.7 Å². The van der Waals surface area contributed by atoms with Crippen LogP contribution in [-0.2, 0) is 0 Å². The Morgan fingerprint density at radius 2 is 2.04 bits per heavy atom. The van der Waals surface area contributed by atoms with Gasteiger partial charge in [-0.1, -0.05) is 62.9 Å². The Balaban J connectivity index is 2.19. The van der Waals surface area contributed by atoms with Gasteiger partial charge in [0, 0.05) is 23.3 Å². The number of aliphatic imine (C=N–C) groups is 2. The van der Waals surface area contributed by atoms with Gasteiger partial charge in [-0.3, -0.25) is 9.98 Å². The van der Waals surface area contributed by atoms with Gasteiger partial charge < -0.3 is 0 Å². The van der Waals surface area contributed by atoms with Crippen molar-refractivity contribution in [3.8, 4) is 0 Å². The van der Waals surface area contributed by atoms with Gasteiger partial charge in [0.05, 0.1) is 11.6 Å². The lowest BCUT2D eigenvalue weighted by atomic mass is 9.49. The average Bonchev–Trinajstić information content (AvgIpc) is 2.71. The molecule has 0 radical (unpaired) electrons. The quantitative estimate of drug-likeness (QED) is 0.364. The predicted octanol–water partition coefficient (Wildman–Crippen LogP) is 6.55. The van der Waals surface area contributed by atoms with E-state index >= 15 is 0 Å². The summed E-state index contributed by atoms with van der Waals surface area (Å²) >= 11 is 0. The zero-order chi connectivity index (χ0) is 20.3. The highest BCUT2D eigenvalue weighted by Crippen LogP contribution is 2.60. The van der Waals surface area contributed by atoms with Crippen LogP contribution in [0.2, 0.25) is 0 Å². The first-order chi connectivity index (χ1) is 13.6. The molecule has 1 fully saturated rings. The summed E-state index contributed by atoms with van der Waals surface area (Å²) in [5, 5.41) is 0. The summed E-state index contributed by atoms with van der Waals surface area (Å²) in [6.45, 7) is 16.9. The Kier molecular flexibility index (Phi) is 6.17. The fourth-order valence-corrected chi connectivity index (χ4v) is 5.26. The van der Waals surface area contributed by atoms with Crippen molar-refractivity contribution in [2.75, 3.05) is 0 Å². The summed E-state index contributed by atoms with van der Waals surface area (Å²) in [5.74, 6) is 1.05. The molecule has 2 heteroatoms. The van der Waals surface area contributed by atoms with Crippen molar-refractivity contribution in [2.24, 2.45) is 21.8 Å². The first kappa shape index (κ1) is 20.5. The molecule has 0 N–H and O–H groups in total. The maximum absolute atomic E-state index is 5.41. The highest BCUT2D eigenvalue weighted by atomic mass is 15.0. The molecule has 1 aliphatic heterocycles. The fraction of sp³-hybridized carbons (Fsp3) is 0.462. The van der Waals surface area contributed by atoms with Gasteiger partial charge in [-0.05, 0) is 56.2 Å². The number of nitrogens with zero attached hydrogens (tertiary/aromatic N) is 2. The largest absolute Gasteiger partial charge is 0.285 e. The monoisotopic (exact) mass is 374 g/mol.